The summed E-state index contributed by atoms with van der Waals surface area (Å²) in [5.74, 6) is 0. The summed E-state index contributed by atoms with van der Waals surface area (Å²) in [5, 5.41) is 3.55. The first-order valence-corrected chi connectivity index (χ1v) is 7.53. The van der Waals surface area contributed by atoms with E-state index >= 15 is 0 Å². The minimum Gasteiger partial charge on any atom is -0.371 e. The molecule has 94 valence electrons. The van der Waals surface area contributed by atoms with Gasteiger partial charge in [-0.3, -0.25) is 0 Å². The van der Waals surface area contributed by atoms with Crippen LogP contribution in [0, 0.1) is 10.5 Å². The first-order chi connectivity index (χ1) is 8.20. The first kappa shape index (κ1) is 13.1. The van der Waals surface area contributed by atoms with E-state index in [-0.39, 0.29) is 0 Å². The zero-order chi connectivity index (χ0) is 12.3. The Bertz CT molecular complexity index is 370. The molecule has 0 radical (unpaired) electrons. The summed E-state index contributed by atoms with van der Waals surface area (Å²) in [6, 6.07) is 7.45. The highest BCUT2D eigenvalue weighted by atomic mass is 127. The number of anilines is 1. The minimum atomic E-state index is 0.722. The molecule has 1 N–H and O–H groups in total. The number of benzene rings is 1. The number of piperidine rings is 1. The van der Waals surface area contributed by atoms with Crippen LogP contribution < -0.4 is 10.2 Å². The third kappa shape index (κ3) is 3.35. The fraction of sp³-hybridized carbons (Fsp3) is 0.571. The molecule has 0 aromatic heterocycles. The normalized spacial score (nSPS) is 17.5. The van der Waals surface area contributed by atoms with E-state index in [2.05, 4.69) is 64.9 Å². The molecular weight excluding hydrogens is 323 g/mol. The molecular formula is C14H21IN2. The third-order valence-electron chi connectivity index (χ3n) is 3.50. The Kier molecular flexibility index (Phi) is 4.68. The van der Waals surface area contributed by atoms with Crippen LogP contribution in [0.2, 0.25) is 0 Å². The van der Waals surface area contributed by atoms with Crippen LogP contribution in [-0.2, 0) is 0 Å². The van der Waals surface area contributed by atoms with Gasteiger partial charge in [-0.1, -0.05) is 13.0 Å². The number of hydrogen-bond donors (Lipinski definition) is 1. The van der Waals surface area contributed by atoms with Gasteiger partial charge in [-0.2, -0.15) is 0 Å². The molecule has 1 aliphatic heterocycles. The van der Waals surface area contributed by atoms with Gasteiger partial charge in [0.05, 0.1) is 0 Å². The van der Waals surface area contributed by atoms with Gasteiger partial charge in [-0.05, 0) is 66.6 Å². The van der Waals surface area contributed by atoms with E-state index in [1.165, 1.54) is 40.8 Å². The van der Waals surface area contributed by atoms with Crippen molar-refractivity contribution in [1.82, 2.24) is 5.32 Å². The van der Waals surface area contributed by atoms with E-state index < -0.39 is 0 Å². The topological polar surface area (TPSA) is 15.3 Å². The van der Waals surface area contributed by atoms with Crippen LogP contribution in [0.3, 0.4) is 0 Å². The fourth-order valence-corrected chi connectivity index (χ4v) is 3.01. The Morgan fingerprint density at radius 3 is 2.71 bits per heavy atom. The van der Waals surface area contributed by atoms with E-state index in [1.54, 1.807) is 0 Å². The molecule has 0 spiro atoms. The molecule has 1 saturated heterocycles. The standard InChI is InChI=1S/C14H21IN2/c1-3-16-13-6-8-17(9-7-13)14-10-12(15)5-4-11(14)2/h4-5,10,13,16H,3,6-9H2,1-2H3. The maximum atomic E-state index is 3.55. The lowest BCUT2D eigenvalue weighted by Gasteiger charge is -2.34. The van der Waals surface area contributed by atoms with E-state index in [1.807, 2.05) is 0 Å². The van der Waals surface area contributed by atoms with Crippen LogP contribution in [0.25, 0.3) is 0 Å². The second-order valence-corrected chi connectivity index (χ2v) is 6.00. The monoisotopic (exact) mass is 344 g/mol. The van der Waals surface area contributed by atoms with Gasteiger partial charge < -0.3 is 10.2 Å². The molecule has 2 rings (SSSR count). The van der Waals surface area contributed by atoms with Gasteiger partial charge in [-0.15, -0.1) is 0 Å². The number of rotatable bonds is 3. The van der Waals surface area contributed by atoms with Crippen LogP contribution >= 0.6 is 22.6 Å². The van der Waals surface area contributed by atoms with Gasteiger partial charge >= 0.3 is 0 Å². The summed E-state index contributed by atoms with van der Waals surface area (Å²) in [7, 11) is 0. The van der Waals surface area contributed by atoms with Crippen LogP contribution in [0.1, 0.15) is 25.3 Å². The Labute approximate surface area is 118 Å². The molecule has 0 atom stereocenters. The highest BCUT2D eigenvalue weighted by Crippen LogP contribution is 2.25. The molecule has 1 aromatic rings. The minimum absolute atomic E-state index is 0.722. The molecule has 2 nitrogen and oxygen atoms in total. The molecule has 1 aromatic carbocycles. The Morgan fingerprint density at radius 1 is 1.35 bits per heavy atom. The molecule has 3 heteroatoms. The maximum absolute atomic E-state index is 3.55. The fourth-order valence-electron chi connectivity index (χ4n) is 2.54. The molecule has 0 saturated carbocycles. The Balaban J connectivity index is 2.02. The second-order valence-electron chi connectivity index (χ2n) is 4.75. The SMILES string of the molecule is CCNC1CCN(c2cc(I)ccc2C)CC1. The largest absolute Gasteiger partial charge is 0.371 e. The second kappa shape index (κ2) is 6.05. The van der Waals surface area contributed by atoms with Crippen molar-refractivity contribution in [3.05, 3.63) is 27.3 Å². The van der Waals surface area contributed by atoms with Crippen molar-refractivity contribution < 1.29 is 0 Å². The molecule has 17 heavy (non-hydrogen) atoms. The summed E-state index contributed by atoms with van der Waals surface area (Å²) in [6.45, 7) is 7.85. The number of nitrogens with zero attached hydrogens (tertiary/aromatic N) is 1. The smallest absolute Gasteiger partial charge is 0.0406 e. The van der Waals surface area contributed by atoms with Gasteiger partial charge in [0, 0.05) is 28.4 Å². The van der Waals surface area contributed by atoms with Crippen molar-refractivity contribution in [1.29, 1.82) is 0 Å². The predicted octanol–water partition coefficient (Wildman–Crippen LogP) is 3.18. The third-order valence-corrected chi connectivity index (χ3v) is 4.17. The van der Waals surface area contributed by atoms with Gasteiger partial charge in [0.2, 0.25) is 0 Å². The summed E-state index contributed by atoms with van der Waals surface area (Å²) < 4.78 is 1.33. The quantitative estimate of drug-likeness (QED) is 0.848. The highest BCUT2D eigenvalue weighted by molar-refractivity contribution is 14.1. The lowest BCUT2D eigenvalue weighted by Crippen LogP contribution is -2.42. The van der Waals surface area contributed by atoms with Crippen LogP contribution in [0.15, 0.2) is 18.2 Å². The first-order valence-electron chi connectivity index (χ1n) is 6.45. The Hall–Kier alpha value is -0.290. The van der Waals surface area contributed by atoms with E-state index in [0.29, 0.717) is 0 Å². The molecule has 0 unspecified atom stereocenters. The lowest BCUT2D eigenvalue weighted by molar-refractivity contribution is 0.423. The number of hydrogen-bond acceptors (Lipinski definition) is 2. The van der Waals surface area contributed by atoms with Gasteiger partial charge in [0.1, 0.15) is 0 Å². The van der Waals surface area contributed by atoms with Crippen LogP contribution in [-0.4, -0.2) is 25.7 Å². The summed E-state index contributed by atoms with van der Waals surface area (Å²) in [4.78, 5) is 2.53. The van der Waals surface area contributed by atoms with Gasteiger partial charge in [-0.25, -0.2) is 0 Å². The van der Waals surface area contributed by atoms with E-state index in [4.69, 9.17) is 0 Å². The predicted molar refractivity (Wildman–Crippen MR) is 82.8 cm³/mol. The number of nitrogens with one attached hydrogen (secondary N) is 1. The van der Waals surface area contributed by atoms with Crippen molar-refractivity contribution >= 4 is 28.3 Å². The molecule has 1 fully saturated rings. The van der Waals surface area contributed by atoms with Crippen LogP contribution in [0.5, 0.6) is 0 Å². The van der Waals surface area contributed by atoms with Crippen molar-refractivity contribution in [3.63, 3.8) is 0 Å². The summed E-state index contributed by atoms with van der Waals surface area (Å²) in [5.41, 5.74) is 2.82. The summed E-state index contributed by atoms with van der Waals surface area (Å²) in [6.07, 6.45) is 2.53. The molecule has 0 amide bonds. The van der Waals surface area contributed by atoms with Gasteiger partial charge in [0.25, 0.3) is 0 Å². The number of halogens is 1. The maximum Gasteiger partial charge on any atom is 0.0406 e. The van der Waals surface area contributed by atoms with Crippen LogP contribution in [0.4, 0.5) is 5.69 Å². The zero-order valence-electron chi connectivity index (χ0n) is 10.7. The van der Waals surface area contributed by atoms with Crippen molar-refractivity contribution in [2.24, 2.45) is 0 Å². The summed E-state index contributed by atoms with van der Waals surface area (Å²) >= 11 is 2.40. The van der Waals surface area contributed by atoms with Gasteiger partial charge in [0.15, 0.2) is 0 Å². The highest BCUT2D eigenvalue weighted by Gasteiger charge is 2.19. The molecule has 0 bridgehead atoms. The van der Waals surface area contributed by atoms with Crippen molar-refractivity contribution in [3.8, 4) is 0 Å². The molecule has 1 aliphatic rings. The average Bonchev–Trinajstić information content (AvgIpc) is 2.34. The van der Waals surface area contributed by atoms with Crippen molar-refractivity contribution in [2.45, 2.75) is 32.7 Å². The zero-order valence-corrected chi connectivity index (χ0v) is 12.8. The van der Waals surface area contributed by atoms with E-state index in [9.17, 15) is 0 Å². The molecule has 1 heterocycles. The lowest BCUT2D eigenvalue weighted by atomic mass is 10.0. The van der Waals surface area contributed by atoms with Crippen molar-refractivity contribution in [2.75, 3.05) is 24.5 Å². The average molecular weight is 344 g/mol. The Morgan fingerprint density at radius 2 is 2.06 bits per heavy atom. The van der Waals surface area contributed by atoms with E-state index in [0.717, 1.165) is 12.6 Å². The number of aryl methyl sites for hydroxylation is 1. The molecule has 0 aliphatic carbocycles.